The second-order valence-electron chi connectivity index (χ2n) is 7.89. The summed E-state index contributed by atoms with van der Waals surface area (Å²) < 4.78 is 13.4. The Bertz CT molecular complexity index is 981. The number of Topliss-reactive ketones (excluding diaryl/α,β-unsaturated/α-hetero) is 2. The predicted molar refractivity (Wildman–Crippen MR) is 116 cm³/mol. The number of ketones is 2. The van der Waals surface area contributed by atoms with Gasteiger partial charge in [0.15, 0.2) is 5.82 Å². The van der Waals surface area contributed by atoms with E-state index in [1.165, 1.54) is 12.4 Å². The molecule has 0 amide bonds. The van der Waals surface area contributed by atoms with E-state index in [4.69, 9.17) is 0 Å². The SMILES string of the molecule is CCCCC(CCCCc1cccc(F)c1)c1cc[nH]c1CC(=O)C(=O)c1ncn[nH]1. The van der Waals surface area contributed by atoms with E-state index >= 15 is 0 Å². The molecule has 2 heterocycles. The zero-order valence-electron chi connectivity index (χ0n) is 17.9. The topological polar surface area (TPSA) is 91.5 Å². The van der Waals surface area contributed by atoms with Crippen molar-refractivity contribution in [2.45, 2.75) is 64.2 Å². The fraction of sp³-hybridized carbons (Fsp3) is 0.417. The van der Waals surface area contributed by atoms with Crippen LogP contribution < -0.4 is 0 Å². The Morgan fingerprint density at radius 3 is 2.71 bits per heavy atom. The smallest absolute Gasteiger partial charge is 0.265 e. The minimum absolute atomic E-state index is 0.0216. The van der Waals surface area contributed by atoms with Gasteiger partial charge in [0.05, 0.1) is 6.42 Å². The minimum Gasteiger partial charge on any atom is -0.364 e. The molecule has 0 saturated heterocycles. The fourth-order valence-electron chi connectivity index (χ4n) is 3.96. The van der Waals surface area contributed by atoms with Crippen LogP contribution in [-0.2, 0) is 17.6 Å². The lowest BCUT2D eigenvalue weighted by Crippen LogP contribution is -2.19. The summed E-state index contributed by atoms with van der Waals surface area (Å²) >= 11 is 0. The maximum absolute atomic E-state index is 13.4. The van der Waals surface area contributed by atoms with Crippen molar-refractivity contribution in [3.8, 4) is 0 Å². The van der Waals surface area contributed by atoms with Gasteiger partial charge in [-0.25, -0.2) is 9.37 Å². The molecule has 1 unspecified atom stereocenters. The van der Waals surface area contributed by atoms with Crippen LogP contribution in [0.3, 0.4) is 0 Å². The van der Waals surface area contributed by atoms with Gasteiger partial charge in [-0.1, -0.05) is 38.3 Å². The van der Waals surface area contributed by atoms with Gasteiger partial charge in [-0.2, -0.15) is 5.10 Å². The van der Waals surface area contributed by atoms with Gasteiger partial charge in [0.1, 0.15) is 12.1 Å². The third-order valence-corrected chi connectivity index (χ3v) is 5.59. The zero-order valence-corrected chi connectivity index (χ0v) is 17.9. The molecule has 6 nitrogen and oxygen atoms in total. The number of hydrogen-bond acceptors (Lipinski definition) is 4. The number of carbonyl (C=O) groups is 2. The van der Waals surface area contributed by atoms with Crippen LogP contribution in [-0.4, -0.2) is 31.7 Å². The summed E-state index contributed by atoms with van der Waals surface area (Å²) in [6, 6.07) is 8.79. The summed E-state index contributed by atoms with van der Waals surface area (Å²) in [6.45, 7) is 2.17. The molecule has 0 aliphatic heterocycles. The molecule has 0 saturated carbocycles. The second-order valence-corrected chi connectivity index (χ2v) is 7.89. The number of H-pyrrole nitrogens is 2. The van der Waals surface area contributed by atoms with Crippen LogP contribution in [0.15, 0.2) is 42.9 Å². The molecule has 1 atom stereocenters. The molecular weight excluding hydrogens is 395 g/mol. The molecule has 3 aromatic rings. The number of unbranched alkanes of at least 4 members (excludes halogenated alkanes) is 2. The van der Waals surface area contributed by atoms with Gasteiger partial charge in [-0.15, -0.1) is 0 Å². The lowest BCUT2D eigenvalue weighted by atomic mass is 9.87. The highest BCUT2D eigenvalue weighted by atomic mass is 19.1. The number of hydrogen-bond donors (Lipinski definition) is 2. The molecule has 0 spiro atoms. The first-order valence-electron chi connectivity index (χ1n) is 10.9. The van der Waals surface area contributed by atoms with E-state index in [1.807, 2.05) is 18.3 Å². The van der Waals surface area contributed by atoms with E-state index < -0.39 is 11.6 Å². The largest absolute Gasteiger partial charge is 0.364 e. The Balaban J connectivity index is 1.60. The minimum atomic E-state index is -0.654. The van der Waals surface area contributed by atoms with Gasteiger partial charge < -0.3 is 4.98 Å². The van der Waals surface area contributed by atoms with Crippen molar-refractivity contribution in [3.05, 3.63) is 71.3 Å². The maximum Gasteiger partial charge on any atom is 0.265 e. The number of benzene rings is 1. The monoisotopic (exact) mass is 424 g/mol. The van der Waals surface area contributed by atoms with Crippen LogP contribution in [0, 0.1) is 5.82 Å². The van der Waals surface area contributed by atoms with Crippen LogP contribution in [0.25, 0.3) is 0 Å². The van der Waals surface area contributed by atoms with E-state index in [1.54, 1.807) is 12.1 Å². The predicted octanol–water partition coefficient (Wildman–Crippen LogP) is 4.95. The average Bonchev–Trinajstić information content (AvgIpc) is 3.45. The fourth-order valence-corrected chi connectivity index (χ4v) is 3.96. The van der Waals surface area contributed by atoms with Crippen LogP contribution >= 0.6 is 0 Å². The first-order valence-corrected chi connectivity index (χ1v) is 10.9. The van der Waals surface area contributed by atoms with Crippen molar-refractivity contribution in [2.75, 3.05) is 0 Å². The first-order chi connectivity index (χ1) is 15.1. The lowest BCUT2D eigenvalue weighted by Gasteiger charge is -2.18. The normalized spacial score (nSPS) is 12.1. The standard InChI is InChI=1S/C24H29FN4O2/c1-2-3-9-18(10-5-4-7-17-8-6-11-19(25)14-17)20-12-13-26-21(20)15-22(30)23(31)24-27-16-28-29-24/h6,8,11-14,16,18,26H,2-5,7,9-10,15H2,1H3,(H,27,28,29). The van der Waals surface area contributed by atoms with Gasteiger partial charge in [0.25, 0.3) is 5.78 Å². The molecular formula is C24H29FN4O2. The zero-order chi connectivity index (χ0) is 22.1. The first kappa shape index (κ1) is 22.6. The van der Waals surface area contributed by atoms with Gasteiger partial charge in [-0.05, 0) is 60.9 Å². The molecule has 0 aliphatic carbocycles. The molecule has 164 valence electrons. The summed E-state index contributed by atoms with van der Waals surface area (Å²) in [5, 5.41) is 6.08. The summed E-state index contributed by atoms with van der Waals surface area (Å²) in [7, 11) is 0. The molecule has 0 fully saturated rings. The molecule has 7 heteroatoms. The Morgan fingerprint density at radius 1 is 1.13 bits per heavy atom. The summed E-state index contributed by atoms with van der Waals surface area (Å²) in [5.74, 6) is -1.07. The van der Waals surface area contributed by atoms with Gasteiger partial charge in [0.2, 0.25) is 5.78 Å². The van der Waals surface area contributed by atoms with E-state index in [2.05, 4.69) is 27.1 Å². The molecule has 2 N–H and O–H groups in total. The van der Waals surface area contributed by atoms with Crippen LogP contribution in [0.1, 0.15) is 78.8 Å². The number of halogens is 1. The Morgan fingerprint density at radius 2 is 1.97 bits per heavy atom. The molecule has 0 bridgehead atoms. The number of carbonyl (C=O) groups excluding carboxylic acids is 2. The highest BCUT2D eigenvalue weighted by Gasteiger charge is 2.23. The van der Waals surface area contributed by atoms with E-state index in [-0.39, 0.29) is 18.1 Å². The van der Waals surface area contributed by atoms with Crippen molar-refractivity contribution in [1.82, 2.24) is 20.2 Å². The van der Waals surface area contributed by atoms with E-state index in [9.17, 15) is 14.0 Å². The molecule has 0 aliphatic rings. The van der Waals surface area contributed by atoms with Crippen molar-refractivity contribution < 1.29 is 14.0 Å². The molecule has 31 heavy (non-hydrogen) atoms. The van der Waals surface area contributed by atoms with E-state index in [0.29, 0.717) is 5.92 Å². The van der Waals surface area contributed by atoms with Crippen molar-refractivity contribution >= 4 is 11.6 Å². The van der Waals surface area contributed by atoms with Crippen molar-refractivity contribution in [1.29, 1.82) is 0 Å². The van der Waals surface area contributed by atoms with Gasteiger partial charge in [0, 0.05) is 11.9 Å². The van der Waals surface area contributed by atoms with E-state index in [0.717, 1.165) is 61.8 Å². The van der Waals surface area contributed by atoms with Crippen LogP contribution in [0.4, 0.5) is 4.39 Å². The average molecular weight is 425 g/mol. The highest BCUT2D eigenvalue weighted by molar-refractivity contribution is 6.43. The second kappa shape index (κ2) is 11.3. The van der Waals surface area contributed by atoms with Crippen molar-refractivity contribution in [3.63, 3.8) is 0 Å². The molecule has 0 radical (unpaired) electrons. The lowest BCUT2D eigenvalue weighted by molar-refractivity contribution is -0.114. The molecule has 1 aromatic carbocycles. The van der Waals surface area contributed by atoms with Gasteiger partial charge >= 0.3 is 0 Å². The van der Waals surface area contributed by atoms with Crippen LogP contribution in [0.5, 0.6) is 0 Å². The van der Waals surface area contributed by atoms with Crippen LogP contribution in [0.2, 0.25) is 0 Å². The molecule has 2 aromatic heterocycles. The number of rotatable bonds is 13. The molecule has 3 rings (SSSR count). The third kappa shape index (κ3) is 6.44. The Labute approximate surface area is 181 Å². The number of nitrogens with one attached hydrogen (secondary N) is 2. The number of aromatic nitrogens is 4. The Hall–Kier alpha value is -3.09. The summed E-state index contributed by atoms with van der Waals surface area (Å²) in [6.07, 6.45) is 10.1. The van der Waals surface area contributed by atoms with Crippen molar-refractivity contribution in [2.24, 2.45) is 0 Å². The highest BCUT2D eigenvalue weighted by Crippen LogP contribution is 2.30. The number of aryl methyl sites for hydroxylation is 1. The third-order valence-electron chi connectivity index (χ3n) is 5.59. The quantitative estimate of drug-likeness (QED) is 0.231. The Kier molecular flexibility index (Phi) is 8.27. The summed E-state index contributed by atoms with van der Waals surface area (Å²) in [4.78, 5) is 31.6. The number of nitrogens with zero attached hydrogens (tertiary/aromatic N) is 2. The van der Waals surface area contributed by atoms with Gasteiger partial charge in [-0.3, -0.25) is 14.7 Å². The summed E-state index contributed by atoms with van der Waals surface area (Å²) in [5.41, 5.74) is 2.92. The number of aromatic amines is 2. The maximum atomic E-state index is 13.4.